The highest BCUT2D eigenvalue weighted by Gasteiger charge is 2.22. The van der Waals surface area contributed by atoms with Gasteiger partial charge in [-0.15, -0.1) is 0 Å². The van der Waals surface area contributed by atoms with Crippen LogP contribution in [0.2, 0.25) is 0 Å². The molecule has 0 bridgehead atoms. The zero-order valence-corrected chi connectivity index (χ0v) is 13.2. The molecule has 0 aromatic heterocycles. The first-order chi connectivity index (χ1) is 11.2. The Bertz CT molecular complexity index is 779. The van der Waals surface area contributed by atoms with Crippen LogP contribution in [0.4, 0.5) is 0 Å². The molecule has 1 N–H and O–H groups in total. The molecule has 0 saturated carbocycles. The van der Waals surface area contributed by atoms with Crippen LogP contribution in [0.5, 0.6) is 5.75 Å². The quantitative estimate of drug-likeness (QED) is 0.821. The second-order valence-corrected chi connectivity index (χ2v) is 5.75. The fourth-order valence-electron chi connectivity index (χ4n) is 2.79. The Morgan fingerprint density at radius 1 is 1.04 bits per heavy atom. The summed E-state index contributed by atoms with van der Waals surface area (Å²) in [4.78, 5) is 14.6. The molecule has 0 unspecified atom stereocenters. The second kappa shape index (κ2) is 6.58. The molecule has 1 fully saturated rings. The highest BCUT2D eigenvalue weighted by atomic mass is 16.3. The van der Waals surface area contributed by atoms with Crippen LogP contribution in [-0.4, -0.2) is 29.0 Å². The van der Waals surface area contributed by atoms with Crippen molar-refractivity contribution in [2.24, 2.45) is 0 Å². The van der Waals surface area contributed by atoms with E-state index in [1.807, 2.05) is 35.2 Å². The summed E-state index contributed by atoms with van der Waals surface area (Å²) >= 11 is 0. The van der Waals surface area contributed by atoms with Crippen molar-refractivity contribution >= 4 is 5.91 Å². The van der Waals surface area contributed by atoms with E-state index >= 15 is 0 Å². The van der Waals surface area contributed by atoms with E-state index in [0.717, 1.165) is 31.5 Å². The highest BCUT2D eigenvalue weighted by molar-refractivity contribution is 5.97. The van der Waals surface area contributed by atoms with Crippen molar-refractivity contribution in [3.8, 4) is 17.6 Å². The van der Waals surface area contributed by atoms with Crippen molar-refractivity contribution < 1.29 is 9.90 Å². The van der Waals surface area contributed by atoms with Gasteiger partial charge in [0.2, 0.25) is 0 Å². The van der Waals surface area contributed by atoms with E-state index in [0.29, 0.717) is 16.7 Å². The molecule has 0 radical (unpaired) electrons. The molecule has 3 rings (SSSR count). The molecule has 0 spiro atoms. The zero-order chi connectivity index (χ0) is 16.2. The first-order valence-electron chi connectivity index (χ1n) is 7.86. The summed E-state index contributed by atoms with van der Waals surface area (Å²) in [5, 5.41) is 9.98. The van der Waals surface area contributed by atoms with Crippen LogP contribution in [0.1, 0.15) is 39.9 Å². The van der Waals surface area contributed by atoms with E-state index in [9.17, 15) is 9.90 Å². The number of amides is 1. The Morgan fingerprint density at radius 2 is 1.74 bits per heavy atom. The molecule has 2 aromatic rings. The highest BCUT2D eigenvalue weighted by Crippen LogP contribution is 2.25. The smallest absolute Gasteiger partial charge is 0.255 e. The maximum absolute atomic E-state index is 12.7. The summed E-state index contributed by atoms with van der Waals surface area (Å²) < 4.78 is 0. The molecule has 3 nitrogen and oxygen atoms in total. The number of nitrogens with zero attached hydrogens (tertiary/aromatic N) is 1. The van der Waals surface area contributed by atoms with Crippen LogP contribution in [0.25, 0.3) is 0 Å². The van der Waals surface area contributed by atoms with E-state index < -0.39 is 0 Å². The normalized spacial score (nSPS) is 13.5. The summed E-state index contributed by atoms with van der Waals surface area (Å²) in [7, 11) is 0. The first-order valence-corrected chi connectivity index (χ1v) is 7.86. The molecule has 1 amide bonds. The number of hydrogen-bond donors (Lipinski definition) is 1. The molecule has 1 aliphatic rings. The number of phenols is 1. The van der Waals surface area contributed by atoms with Crippen LogP contribution in [-0.2, 0) is 0 Å². The molecule has 116 valence electrons. The number of hydrogen-bond acceptors (Lipinski definition) is 2. The Morgan fingerprint density at radius 3 is 2.43 bits per heavy atom. The predicted octanol–water partition coefficient (Wildman–Crippen LogP) is 3.34. The van der Waals surface area contributed by atoms with Crippen molar-refractivity contribution in [1.82, 2.24) is 4.90 Å². The minimum Gasteiger partial charge on any atom is -0.508 e. The Labute approximate surface area is 136 Å². The summed E-state index contributed by atoms with van der Waals surface area (Å²) in [6.07, 6.45) is 2.10. The van der Waals surface area contributed by atoms with E-state index in [4.69, 9.17) is 0 Å². The molecule has 0 aliphatic carbocycles. The van der Waals surface area contributed by atoms with Crippen LogP contribution in [0.15, 0.2) is 42.5 Å². The molecule has 3 heteroatoms. The van der Waals surface area contributed by atoms with Crippen molar-refractivity contribution in [2.45, 2.75) is 19.8 Å². The van der Waals surface area contributed by atoms with Crippen molar-refractivity contribution in [3.63, 3.8) is 0 Å². The number of rotatable bonds is 1. The van der Waals surface area contributed by atoms with Crippen LogP contribution in [0.3, 0.4) is 0 Å². The monoisotopic (exact) mass is 305 g/mol. The molecular weight excluding hydrogens is 286 g/mol. The topological polar surface area (TPSA) is 40.5 Å². The number of aromatic hydroxyl groups is 1. The molecular formula is C20H19NO2. The molecule has 2 aromatic carbocycles. The van der Waals surface area contributed by atoms with Gasteiger partial charge in [0.05, 0.1) is 5.56 Å². The van der Waals surface area contributed by atoms with Gasteiger partial charge in [-0.25, -0.2) is 0 Å². The third-order valence-electron chi connectivity index (χ3n) is 4.17. The van der Waals surface area contributed by atoms with Gasteiger partial charge in [0.15, 0.2) is 0 Å². The number of benzene rings is 2. The Kier molecular flexibility index (Phi) is 4.34. The maximum atomic E-state index is 12.7. The molecule has 0 atom stereocenters. The number of phenolic OH excluding ortho intramolecular Hbond substituents is 1. The SMILES string of the molecule is Cc1c(O)ccc(C(=O)N2CCCC2)c1C#Cc1ccccc1. The zero-order valence-electron chi connectivity index (χ0n) is 13.2. The third-order valence-corrected chi connectivity index (χ3v) is 4.17. The van der Waals surface area contributed by atoms with Crippen molar-refractivity contribution in [3.05, 3.63) is 64.7 Å². The summed E-state index contributed by atoms with van der Waals surface area (Å²) in [6.45, 7) is 3.39. The summed E-state index contributed by atoms with van der Waals surface area (Å²) in [5.74, 6) is 6.34. The minimum atomic E-state index is 0.00274. The lowest BCUT2D eigenvalue weighted by molar-refractivity contribution is 0.0792. The summed E-state index contributed by atoms with van der Waals surface area (Å²) in [6, 6.07) is 12.9. The first kappa shape index (κ1) is 15.2. The number of carbonyl (C=O) groups is 1. The lowest BCUT2D eigenvalue weighted by atomic mass is 9.99. The van der Waals surface area contributed by atoms with E-state index in [1.165, 1.54) is 0 Å². The van der Waals surface area contributed by atoms with Crippen molar-refractivity contribution in [2.75, 3.05) is 13.1 Å². The maximum Gasteiger partial charge on any atom is 0.255 e. The number of likely N-dealkylation sites (tertiary alicyclic amines) is 1. The largest absolute Gasteiger partial charge is 0.508 e. The second-order valence-electron chi connectivity index (χ2n) is 5.75. The van der Waals surface area contributed by atoms with Crippen LogP contribution in [0, 0.1) is 18.8 Å². The standard InChI is InChI=1S/C20H19NO2/c1-15-17(10-9-16-7-3-2-4-8-16)18(11-12-19(15)22)20(23)21-13-5-6-14-21/h2-4,7-8,11-12,22H,5-6,13-14H2,1H3. The fourth-order valence-corrected chi connectivity index (χ4v) is 2.79. The van der Waals surface area contributed by atoms with Gasteiger partial charge >= 0.3 is 0 Å². The third kappa shape index (κ3) is 3.22. The fraction of sp³-hybridized carbons (Fsp3) is 0.250. The predicted molar refractivity (Wildman–Crippen MR) is 90.4 cm³/mol. The Hall–Kier alpha value is -2.73. The van der Waals surface area contributed by atoms with Gasteiger partial charge in [0.25, 0.3) is 5.91 Å². The summed E-state index contributed by atoms with van der Waals surface area (Å²) in [5.41, 5.74) is 2.73. The molecule has 1 saturated heterocycles. The van der Waals surface area contributed by atoms with Crippen molar-refractivity contribution in [1.29, 1.82) is 0 Å². The lowest BCUT2D eigenvalue weighted by Gasteiger charge is -2.17. The molecule has 23 heavy (non-hydrogen) atoms. The van der Waals surface area contributed by atoms with E-state index in [1.54, 1.807) is 19.1 Å². The molecule has 1 heterocycles. The Balaban J connectivity index is 2.02. The van der Waals surface area contributed by atoms with Gasteiger partial charge < -0.3 is 10.0 Å². The van der Waals surface area contributed by atoms with Gasteiger partial charge in [-0.1, -0.05) is 30.0 Å². The van der Waals surface area contributed by atoms with Crippen LogP contribution < -0.4 is 0 Å². The van der Waals surface area contributed by atoms with Gasteiger partial charge in [0.1, 0.15) is 5.75 Å². The minimum absolute atomic E-state index is 0.00274. The van der Waals surface area contributed by atoms with E-state index in [-0.39, 0.29) is 11.7 Å². The lowest BCUT2D eigenvalue weighted by Crippen LogP contribution is -2.28. The average molecular weight is 305 g/mol. The van der Waals surface area contributed by atoms with Gasteiger partial charge in [-0.3, -0.25) is 4.79 Å². The molecule has 1 aliphatic heterocycles. The van der Waals surface area contributed by atoms with Crippen LogP contribution >= 0.6 is 0 Å². The van der Waals surface area contributed by atoms with E-state index in [2.05, 4.69) is 11.8 Å². The van der Waals surface area contributed by atoms with Gasteiger partial charge in [-0.05, 0) is 44.0 Å². The van der Waals surface area contributed by atoms with Gasteiger partial charge in [0, 0.05) is 29.8 Å². The average Bonchev–Trinajstić information content (AvgIpc) is 3.11. The number of carbonyl (C=O) groups excluding carboxylic acids is 1. The van der Waals surface area contributed by atoms with Gasteiger partial charge in [-0.2, -0.15) is 0 Å².